The van der Waals surface area contributed by atoms with Crippen LogP contribution in [0.2, 0.25) is 0 Å². The summed E-state index contributed by atoms with van der Waals surface area (Å²) in [5, 5.41) is 12.7. The molecule has 0 bridgehead atoms. The predicted octanol–water partition coefficient (Wildman–Crippen LogP) is 12.1. The summed E-state index contributed by atoms with van der Waals surface area (Å²) in [6.45, 7) is -0.937. The Hall–Kier alpha value is -6.13. The van der Waals surface area contributed by atoms with Gasteiger partial charge in [-0.2, -0.15) is 0 Å². The number of anilines is 1. The van der Waals surface area contributed by atoms with Gasteiger partial charge in [-0.15, -0.1) is 0 Å². The molecule has 0 unspecified atom stereocenters. The average molecular weight is 898 g/mol. The van der Waals surface area contributed by atoms with Crippen LogP contribution in [-0.4, -0.2) is 16.1 Å². The molecule has 0 aliphatic heterocycles. The number of benzene rings is 7. The molecule has 7 aromatic rings. The van der Waals surface area contributed by atoms with Gasteiger partial charge >= 0.3 is 15.2 Å². The number of nitrogens with one attached hydrogen (secondary N) is 1. The van der Waals surface area contributed by atoms with Crippen molar-refractivity contribution in [2.45, 2.75) is 51.1 Å². The molecule has 7 rings (SSSR count). The Labute approximate surface area is 373 Å². The smallest absolute Gasteiger partial charge is 0.375 e. The van der Waals surface area contributed by atoms with E-state index in [-0.39, 0.29) is 45.3 Å². The second-order valence-electron chi connectivity index (χ2n) is 14.7. The molecule has 13 heteroatoms. The highest BCUT2D eigenvalue weighted by molar-refractivity contribution is 7.73. The number of rotatable bonds is 23. The molecule has 0 aliphatic rings. The van der Waals surface area contributed by atoms with E-state index < -0.39 is 32.6 Å². The van der Waals surface area contributed by atoms with Gasteiger partial charge in [-0.05, 0) is 45.5 Å². The first-order valence-corrected chi connectivity index (χ1v) is 23.7. The lowest BCUT2D eigenvalue weighted by atomic mass is 10.2. The van der Waals surface area contributed by atoms with Crippen molar-refractivity contribution in [3.63, 3.8) is 0 Å². The van der Waals surface area contributed by atoms with E-state index in [0.29, 0.717) is 33.8 Å². The first kappa shape index (κ1) is 45.9. The number of amides is 1. The summed E-state index contributed by atoms with van der Waals surface area (Å²) in [5.74, 6) is -0.178. The van der Waals surface area contributed by atoms with Crippen LogP contribution in [0.15, 0.2) is 200 Å². The Balaban J connectivity index is 1.25. The van der Waals surface area contributed by atoms with Gasteiger partial charge in [-0.3, -0.25) is 13.9 Å². The number of aliphatic hydroxyl groups is 1. The quantitative estimate of drug-likeness (QED) is 0.0597. The van der Waals surface area contributed by atoms with Crippen molar-refractivity contribution in [1.82, 2.24) is 0 Å². The topological polar surface area (TPSA) is 139 Å². The largest absolute Gasteiger partial charge is 0.485 e. The fraction of sp³-hybridized carbons (Fsp3) is 0.157. The average Bonchev–Trinajstić information content (AvgIpc) is 3.34. The van der Waals surface area contributed by atoms with Gasteiger partial charge in [0.2, 0.25) is 5.91 Å². The van der Waals surface area contributed by atoms with Crippen LogP contribution in [0.4, 0.5) is 5.69 Å². The zero-order valence-electron chi connectivity index (χ0n) is 35.0. The van der Waals surface area contributed by atoms with Crippen LogP contribution in [0.5, 0.6) is 11.5 Å². The third-order valence-electron chi connectivity index (χ3n) is 9.95. The van der Waals surface area contributed by atoms with E-state index in [1.165, 1.54) is 0 Å². The highest BCUT2D eigenvalue weighted by Gasteiger charge is 2.66. The molecule has 0 aliphatic carbocycles. The standard InChI is InChI=1S/C51H49NO10P2/c53-50(52-47-31-32-48(57-35-41-19-7-1-8-20-41)49(33-47)58-36-42-21-9-2-10-22-42)34-51(54,63(55,59-37-43-23-11-3-12-24-43)60-38-44-25-13-4-14-26-44)64(56,61-39-45-27-15-5-16-28-45)62-40-46-29-17-6-18-30-46/h1-33,54H,34-40H2,(H,52,53). The summed E-state index contributed by atoms with van der Waals surface area (Å²) in [4.78, 5) is 14.5. The van der Waals surface area contributed by atoms with Crippen LogP contribution in [0.1, 0.15) is 39.8 Å². The zero-order chi connectivity index (χ0) is 44.5. The fourth-order valence-electron chi connectivity index (χ4n) is 6.48. The molecule has 0 fully saturated rings. The highest BCUT2D eigenvalue weighted by atomic mass is 31.2. The third kappa shape index (κ3) is 12.5. The summed E-state index contributed by atoms with van der Waals surface area (Å²) < 4.78 is 68.3. The Morgan fingerprint density at radius 3 is 1.05 bits per heavy atom. The molecule has 64 heavy (non-hydrogen) atoms. The van der Waals surface area contributed by atoms with Crippen LogP contribution in [0, 0.1) is 0 Å². The summed E-state index contributed by atoms with van der Waals surface area (Å²) >= 11 is 0. The Morgan fingerprint density at radius 1 is 0.422 bits per heavy atom. The molecule has 0 saturated carbocycles. The Morgan fingerprint density at radius 2 is 0.719 bits per heavy atom. The predicted molar refractivity (Wildman–Crippen MR) is 246 cm³/mol. The van der Waals surface area contributed by atoms with E-state index in [9.17, 15) is 9.90 Å². The summed E-state index contributed by atoms with van der Waals surface area (Å²) in [6.07, 6.45) is -1.11. The SMILES string of the molecule is O=C(CC(O)(P(=O)(OCc1ccccc1)OCc1ccccc1)P(=O)(OCc1ccccc1)OCc1ccccc1)Nc1ccc(OCc2ccccc2)c(OCc2ccccc2)c1. The lowest BCUT2D eigenvalue weighted by Crippen LogP contribution is -2.37. The van der Waals surface area contributed by atoms with E-state index >= 15 is 9.13 Å². The molecular weight excluding hydrogens is 849 g/mol. The molecule has 2 N–H and O–H groups in total. The van der Waals surface area contributed by atoms with E-state index in [1.54, 1.807) is 140 Å². The summed E-state index contributed by atoms with van der Waals surface area (Å²) in [7, 11) is -10.3. The van der Waals surface area contributed by atoms with Crippen molar-refractivity contribution in [2.75, 3.05) is 5.32 Å². The first-order valence-electron chi connectivity index (χ1n) is 20.6. The van der Waals surface area contributed by atoms with Gasteiger partial charge in [0, 0.05) is 11.8 Å². The second kappa shape index (κ2) is 22.5. The van der Waals surface area contributed by atoms with E-state index in [0.717, 1.165) is 11.1 Å². The van der Waals surface area contributed by atoms with Crippen LogP contribution in [-0.2, 0) is 71.7 Å². The van der Waals surface area contributed by atoms with Crippen molar-refractivity contribution in [1.29, 1.82) is 0 Å². The molecule has 0 aromatic heterocycles. The molecule has 0 heterocycles. The lowest BCUT2D eigenvalue weighted by molar-refractivity contribution is -0.118. The maximum absolute atomic E-state index is 15.7. The molecule has 1 amide bonds. The fourth-order valence-corrected chi connectivity index (χ4v) is 11.3. The summed E-state index contributed by atoms with van der Waals surface area (Å²) in [5.41, 5.74) is 4.36. The molecule has 0 radical (unpaired) electrons. The maximum Gasteiger partial charge on any atom is 0.375 e. The van der Waals surface area contributed by atoms with Gasteiger partial charge in [0.1, 0.15) is 13.2 Å². The van der Waals surface area contributed by atoms with Crippen LogP contribution in [0.25, 0.3) is 0 Å². The number of hydrogen-bond acceptors (Lipinski definition) is 10. The van der Waals surface area contributed by atoms with Gasteiger partial charge in [0.05, 0.1) is 32.8 Å². The van der Waals surface area contributed by atoms with Crippen LogP contribution >= 0.6 is 15.2 Å². The molecule has 0 spiro atoms. The van der Waals surface area contributed by atoms with Gasteiger partial charge in [0.25, 0.3) is 5.08 Å². The molecule has 0 atom stereocenters. The van der Waals surface area contributed by atoms with Gasteiger partial charge in [-0.1, -0.05) is 182 Å². The number of ether oxygens (including phenoxy) is 2. The van der Waals surface area contributed by atoms with E-state index in [2.05, 4.69) is 5.32 Å². The van der Waals surface area contributed by atoms with Crippen LogP contribution < -0.4 is 14.8 Å². The molecular formula is C51H49NO10P2. The van der Waals surface area contributed by atoms with E-state index in [4.69, 9.17) is 27.6 Å². The lowest BCUT2D eigenvalue weighted by Gasteiger charge is -2.38. The minimum Gasteiger partial charge on any atom is -0.485 e. The summed E-state index contributed by atoms with van der Waals surface area (Å²) in [6, 6.07) is 59.2. The Bertz CT molecular complexity index is 2410. The van der Waals surface area contributed by atoms with Crippen molar-refractivity contribution in [3.8, 4) is 11.5 Å². The number of carbonyl (C=O) groups excluding carboxylic acids is 1. The van der Waals surface area contributed by atoms with Crippen molar-refractivity contribution < 1.29 is 46.6 Å². The van der Waals surface area contributed by atoms with Crippen molar-refractivity contribution >= 4 is 26.8 Å². The van der Waals surface area contributed by atoms with Crippen molar-refractivity contribution in [3.05, 3.63) is 234 Å². The molecule has 7 aromatic carbocycles. The van der Waals surface area contributed by atoms with Crippen molar-refractivity contribution in [2.24, 2.45) is 0 Å². The van der Waals surface area contributed by atoms with Gasteiger partial charge in [-0.25, -0.2) is 0 Å². The molecule has 11 nitrogen and oxygen atoms in total. The number of carbonyl (C=O) groups is 1. The minimum absolute atomic E-state index is 0.196. The molecule has 328 valence electrons. The Kier molecular flexibility index (Phi) is 16.1. The third-order valence-corrected chi connectivity index (χ3v) is 15.4. The second-order valence-corrected chi connectivity index (χ2v) is 19.6. The number of hydrogen-bond donors (Lipinski definition) is 2. The highest BCUT2D eigenvalue weighted by Crippen LogP contribution is 2.78. The van der Waals surface area contributed by atoms with Crippen LogP contribution in [0.3, 0.4) is 0 Å². The first-order chi connectivity index (χ1) is 31.2. The maximum atomic E-state index is 15.7. The molecule has 0 saturated heterocycles. The van der Waals surface area contributed by atoms with Gasteiger partial charge in [0.15, 0.2) is 11.5 Å². The normalized spacial score (nSPS) is 11.8. The van der Waals surface area contributed by atoms with Gasteiger partial charge < -0.3 is 38.0 Å². The zero-order valence-corrected chi connectivity index (χ0v) is 36.8. The van der Waals surface area contributed by atoms with E-state index in [1.807, 2.05) is 60.7 Å². The monoisotopic (exact) mass is 897 g/mol. The minimum atomic E-state index is -5.16.